The topological polar surface area (TPSA) is 58.4 Å². The van der Waals surface area contributed by atoms with Crippen molar-refractivity contribution in [1.29, 1.82) is 0 Å². The van der Waals surface area contributed by atoms with Crippen LogP contribution in [0.1, 0.15) is 39.0 Å². The minimum atomic E-state index is 0.0839. The minimum absolute atomic E-state index is 0.0839. The maximum absolute atomic E-state index is 11.0. The van der Waals surface area contributed by atoms with Crippen LogP contribution in [0.4, 0.5) is 0 Å². The molecule has 1 saturated carbocycles. The third-order valence-electron chi connectivity index (χ3n) is 4.06. The standard InChI is InChI=1S/C13H23N3OS/c1-10(17)15-11-2-6-16(7-3-11)9-13(4-5-13)8-12(14)18/h11H,2-9H2,1H3,(H2,14,18)(H,15,17). The average molecular weight is 269 g/mol. The summed E-state index contributed by atoms with van der Waals surface area (Å²) in [6, 6.07) is 0.365. The molecule has 1 aliphatic heterocycles. The number of amides is 1. The third-order valence-corrected chi connectivity index (χ3v) is 4.20. The molecule has 102 valence electrons. The van der Waals surface area contributed by atoms with Crippen LogP contribution in [0, 0.1) is 5.41 Å². The highest BCUT2D eigenvalue weighted by Gasteiger charge is 2.44. The average Bonchev–Trinajstić information content (AvgIpc) is 2.99. The second-order valence-corrected chi connectivity index (χ2v) is 6.42. The zero-order valence-electron chi connectivity index (χ0n) is 11.1. The van der Waals surface area contributed by atoms with Gasteiger partial charge in [0.25, 0.3) is 0 Å². The Morgan fingerprint density at radius 1 is 1.44 bits per heavy atom. The molecule has 0 spiro atoms. The SMILES string of the molecule is CC(=O)NC1CCN(CC2(CC(N)=S)CC2)CC1. The molecule has 3 N–H and O–H groups in total. The molecule has 1 heterocycles. The molecule has 1 amide bonds. The summed E-state index contributed by atoms with van der Waals surface area (Å²) >= 11 is 5.03. The van der Waals surface area contributed by atoms with Crippen LogP contribution in [-0.2, 0) is 4.79 Å². The smallest absolute Gasteiger partial charge is 0.217 e. The quantitative estimate of drug-likeness (QED) is 0.732. The van der Waals surface area contributed by atoms with E-state index < -0.39 is 0 Å². The second-order valence-electron chi connectivity index (χ2n) is 5.89. The maximum Gasteiger partial charge on any atom is 0.217 e. The van der Waals surface area contributed by atoms with Gasteiger partial charge in [0.1, 0.15) is 0 Å². The lowest BCUT2D eigenvalue weighted by atomic mass is 9.98. The van der Waals surface area contributed by atoms with Crippen molar-refractivity contribution in [3.05, 3.63) is 0 Å². The van der Waals surface area contributed by atoms with Gasteiger partial charge in [0.15, 0.2) is 0 Å². The van der Waals surface area contributed by atoms with Crippen molar-refractivity contribution in [3.8, 4) is 0 Å². The first-order chi connectivity index (χ1) is 8.49. The van der Waals surface area contributed by atoms with Crippen LogP contribution in [0.5, 0.6) is 0 Å². The summed E-state index contributed by atoms with van der Waals surface area (Å²) in [6.07, 6.45) is 5.53. The van der Waals surface area contributed by atoms with Gasteiger partial charge in [0, 0.05) is 39.0 Å². The summed E-state index contributed by atoms with van der Waals surface area (Å²) in [5, 5.41) is 3.01. The number of rotatable bonds is 5. The molecule has 0 radical (unpaired) electrons. The maximum atomic E-state index is 11.0. The Balaban J connectivity index is 1.73. The predicted octanol–water partition coefficient (Wildman–Crippen LogP) is 1.04. The zero-order valence-corrected chi connectivity index (χ0v) is 11.9. The molecular formula is C13H23N3OS. The van der Waals surface area contributed by atoms with Crippen LogP contribution in [-0.4, -0.2) is 41.5 Å². The van der Waals surface area contributed by atoms with Crippen LogP contribution in [0.2, 0.25) is 0 Å². The number of hydrogen-bond donors (Lipinski definition) is 2. The molecule has 1 saturated heterocycles. The van der Waals surface area contributed by atoms with Crippen LogP contribution < -0.4 is 11.1 Å². The molecule has 1 aliphatic carbocycles. The molecule has 5 heteroatoms. The van der Waals surface area contributed by atoms with Crippen molar-refractivity contribution in [2.24, 2.45) is 11.1 Å². The van der Waals surface area contributed by atoms with Crippen molar-refractivity contribution in [2.45, 2.75) is 45.1 Å². The van der Waals surface area contributed by atoms with Crippen molar-refractivity contribution >= 4 is 23.1 Å². The van der Waals surface area contributed by atoms with Gasteiger partial charge in [-0.15, -0.1) is 0 Å². The second kappa shape index (κ2) is 5.53. The lowest BCUT2D eigenvalue weighted by Gasteiger charge is -2.34. The lowest BCUT2D eigenvalue weighted by Crippen LogP contribution is -2.45. The molecule has 2 aliphatic rings. The summed E-state index contributed by atoms with van der Waals surface area (Å²) < 4.78 is 0. The number of likely N-dealkylation sites (tertiary alicyclic amines) is 1. The van der Waals surface area contributed by atoms with Gasteiger partial charge in [-0.1, -0.05) is 12.2 Å². The predicted molar refractivity (Wildman–Crippen MR) is 76.3 cm³/mol. The highest BCUT2D eigenvalue weighted by molar-refractivity contribution is 7.80. The van der Waals surface area contributed by atoms with Crippen molar-refractivity contribution < 1.29 is 4.79 Å². The monoisotopic (exact) mass is 269 g/mol. The molecule has 2 fully saturated rings. The van der Waals surface area contributed by atoms with E-state index in [4.69, 9.17) is 18.0 Å². The Kier molecular flexibility index (Phi) is 4.22. The molecule has 0 aromatic carbocycles. The van der Waals surface area contributed by atoms with Crippen molar-refractivity contribution in [3.63, 3.8) is 0 Å². The van der Waals surface area contributed by atoms with Gasteiger partial charge in [-0.2, -0.15) is 0 Å². The zero-order chi connectivity index (χ0) is 13.2. The van der Waals surface area contributed by atoms with E-state index in [-0.39, 0.29) is 5.91 Å². The number of piperidine rings is 1. The highest BCUT2D eigenvalue weighted by Crippen LogP contribution is 2.49. The fourth-order valence-electron chi connectivity index (χ4n) is 2.93. The summed E-state index contributed by atoms with van der Waals surface area (Å²) in [5.74, 6) is 0.0839. The minimum Gasteiger partial charge on any atom is -0.393 e. The molecular weight excluding hydrogens is 246 g/mol. The highest BCUT2D eigenvalue weighted by atomic mass is 32.1. The molecule has 18 heavy (non-hydrogen) atoms. The van der Waals surface area contributed by atoms with Gasteiger partial charge in [-0.25, -0.2) is 0 Å². The molecule has 0 unspecified atom stereocenters. The van der Waals surface area contributed by atoms with Crippen molar-refractivity contribution in [2.75, 3.05) is 19.6 Å². The van der Waals surface area contributed by atoms with E-state index in [0.717, 1.165) is 38.9 Å². The van der Waals surface area contributed by atoms with Gasteiger partial charge in [0.2, 0.25) is 5.91 Å². The number of nitrogens with zero attached hydrogens (tertiary/aromatic N) is 1. The number of carbonyl (C=O) groups excluding carboxylic acids is 1. The Morgan fingerprint density at radius 3 is 2.50 bits per heavy atom. The van der Waals surface area contributed by atoms with Gasteiger partial charge in [-0.3, -0.25) is 4.79 Å². The number of thiocarbonyl (C=S) groups is 1. The van der Waals surface area contributed by atoms with Crippen LogP contribution in [0.3, 0.4) is 0 Å². The number of nitrogens with one attached hydrogen (secondary N) is 1. The van der Waals surface area contributed by atoms with Crippen LogP contribution >= 0.6 is 12.2 Å². The molecule has 4 nitrogen and oxygen atoms in total. The van der Waals surface area contributed by atoms with Crippen LogP contribution in [0.25, 0.3) is 0 Å². The van der Waals surface area contributed by atoms with Gasteiger partial charge in [-0.05, 0) is 31.1 Å². The number of hydrogen-bond acceptors (Lipinski definition) is 3. The Bertz CT molecular complexity index is 333. The normalized spacial score (nSPS) is 23.6. The summed E-state index contributed by atoms with van der Waals surface area (Å²) in [5.41, 5.74) is 6.05. The lowest BCUT2D eigenvalue weighted by molar-refractivity contribution is -0.120. The summed E-state index contributed by atoms with van der Waals surface area (Å²) in [4.78, 5) is 14.2. The van der Waals surface area contributed by atoms with E-state index >= 15 is 0 Å². The number of carbonyl (C=O) groups is 1. The largest absolute Gasteiger partial charge is 0.393 e. The first-order valence-corrected chi connectivity index (χ1v) is 7.18. The molecule has 2 rings (SSSR count). The number of nitrogens with two attached hydrogens (primary N) is 1. The van der Waals surface area contributed by atoms with E-state index in [1.807, 2.05) is 0 Å². The van der Waals surface area contributed by atoms with Gasteiger partial charge >= 0.3 is 0 Å². The molecule has 0 aromatic heterocycles. The van der Waals surface area contributed by atoms with Crippen LogP contribution in [0.15, 0.2) is 0 Å². The Morgan fingerprint density at radius 2 is 2.06 bits per heavy atom. The van der Waals surface area contributed by atoms with Gasteiger partial charge in [0.05, 0.1) is 4.99 Å². The molecule has 0 atom stereocenters. The Labute approximate surface area is 114 Å². The van der Waals surface area contributed by atoms with E-state index in [1.54, 1.807) is 6.92 Å². The van der Waals surface area contributed by atoms with Crippen molar-refractivity contribution in [1.82, 2.24) is 10.2 Å². The Hall–Kier alpha value is -0.680. The fourth-order valence-corrected chi connectivity index (χ4v) is 3.24. The van der Waals surface area contributed by atoms with Gasteiger partial charge < -0.3 is 16.0 Å². The summed E-state index contributed by atoms with van der Waals surface area (Å²) in [6.45, 7) is 4.86. The summed E-state index contributed by atoms with van der Waals surface area (Å²) in [7, 11) is 0. The van der Waals surface area contributed by atoms with E-state index in [9.17, 15) is 4.79 Å². The van der Waals surface area contributed by atoms with E-state index in [0.29, 0.717) is 16.4 Å². The van der Waals surface area contributed by atoms with E-state index in [1.165, 1.54) is 12.8 Å². The molecule has 0 aromatic rings. The fraction of sp³-hybridized carbons (Fsp3) is 0.846. The third kappa shape index (κ3) is 3.92. The molecule has 0 bridgehead atoms. The first-order valence-electron chi connectivity index (χ1n) is 6.77. The first kappa shape index (κ1) is 13.7. The van der Waals surface area contributed by atoms with E-state index in [2.05, 4.69) is 10.2 Å².